The molecule has 2 aromatic rings. The van der Waals surface area contributed by atoms with Gasteiger partial charge in [0, 0.05) is 37.1 Å². The van der Waals surface area contributed by atoms with Crippen molar-refractivity contribution in [2.45, 2.75) is 44.1 Å². The van der Waals surface area contributed by atoms with Gasteiger partial charge in [0.1, 0.15) is 4.21 Å². The van der Waals surface area contributed by atoms with Crippen LogP contribution in [0.1, 0.15) is 41.6 Å². The number of hydrogen-bond acceptors (Lipinski definition) is 5. The van der Waals surface area contributed by atoms with Gasteiger partial charge in [-0.3, -0.25) is 9.69 Å². The topological polar surface area (TPSA) is 69.7 Å². The van der Waals surface area contributed by atoms with Crippen molar-refractivity contribution in [1.29, 1.82) is 0 Å². The fraction of sp³-hybridized carbons (Fsp3) is 0.450. The van der Waals surface area contributed by atoms with Crippen LogP contribution in [0.25, 0.3) is 0 Å². The lowest BCUT2D eigenvalue weighted by Gasteiger charge is -2.24. The Kier molecular flexibility index (Phi) is 7.77. The van der Waals surface area contributed by atoms with Crippen molar-refractivity contribution in [3.05, 3.63) is 52.4 Å². The molecule has 1 aromatic carbocycles. The molecule has 0 fully saturated rings. The number of rotatable bonds is 9. The summed E-state index contributed by atoms with van der Waals surface area (Å²) in [6.45, 7) is 8.61. The fourth-order valence-electron chi connectivity index (χ4n) is 2.70. The Morgan fingerprint density at radius 2 is 1.75 bits per heavy atom. The molecule has 154 valence electrons. The number of nitrogens with one attached hydrogen (secondary N) is 1. The monoisotopic (exact) mass is 423 g/mol. The number of thiophene rings is 1. The van der Waals surface area contributed by atoms with Gasteiger partial charge in [0.2, 0.25) is 0 Å². The SMILES string of the molecule is CCN(Cc1ccc(C(=O)NCc2ccc(S(=O)(=O)N(C)C)s2)cc1)C(C)C. The first kappa shape index (κ1) is 22.5. The Labute approximate surface area is 172 Å². The predicted octanol–water partition coefficient (Wildman–Crippen LogP) is 3.16. The molecule has 0 saturated heterocycles. The highest BCUT2D eigenvalue weighted by Crippen LogP contribution is 2.23. The molecular weight excluding hydrogens is 394 g/mol. The van der Waals surface area contributed by atoms with Gasteiger partial charge in [-0.1, -0.05) is 19.1 Å². The minimum atomic E-state index is -3.43. The minimum Gasteiger partial charge on any atom is -0.347 e. The first-order valence-electron chi connectivity index (χ1n) is 9.27. The Balaban J connectivity index is 1.96. The van der Waals surface area contributed by atoms with Gasteiger partial charge >= 0.3 is 0 Å². The highest BCUT2D eigenvalue weighted by atomic mass is 32.2. The zero-order valence-electron chi connectivity index (χ0n) is 17.1. The maximum absolute atomic E-state index is 12.4. The quantitative estimate of drug-likeness (QED) is 0.673. The number of carbonyl (C=O) groups excluding carboxylic acids is 1. The third-order valence-corrected chi connectivity index (χ3v) is 7.90. The molecule has 1 amide bonds. The molecule has 28 heavy (non-hydrogen) atoms. The van der Waals surface area contributed by atoms with E-state index in [1.807, 2.05) is 24.3 Å². The Hall–Kier alpha value is -1.74. The summed E-state index contributed by atoms with van der Waals surface area (Å²) in [5, 5.41) is 2.85. The van der Waals surface area contributed by atoms with Gasteiger partial charge in [0.05, 0.1) is 6.54 Å². The van der Waals surface area contributed by atoms with Crippen molar-refractivity contribution in [3.8, 4) is 0 Å². The molecule has 1 heterocycles. The Bertz CT molecular complexity index is 888. The molecule has 1 aromatic heterocycles. The van der Waals surface area contributed by atoms with Crippen molar-refractivity contribution in [1.82, 2.24) is 14.5 Å². The number of benzene rings is 1. The van der Waals surface area contributed by atoms with Gasteiger partial charge in [0.25, 0.3) is 15.9 Å². The molecule has 0 unspecified atom stereocenters. The molecular formula is C20H29N3O3S2. The molecule has 8 heteroatoms. The minimum absolute atomic E-state index is 0.173. The molecule has 0 atom stereocenters. The highest BCUT2D eigenvalue weighted by molar-refractivity contribution is 7.91. The molecule has 1 N–H and O–H groups in total. The largest absolute Gasteiger partial charge is 0.347 e. The van der Waals surface area contributed by atoms with Crippen LogP contribution in [0.4, 0.5) is 0 Å². The van der Waals surface area contributed by atoms with E-state index in [1.165, 1.54) is 35.3 Å². The summed E-state index contributed by atoms with van der Waals surface area (Å²) in [6, 6.07) is 11.4. The summed E-state index contributed by atoms with van der Waals surface area (Å²) in [4.78, 5) is 15.5. The number of hydrogen-bond donors (Lipinski definition) is 1. The van der Waals surface area contributed by atoms with Crippen LogP contribution in [0.5, 0.6) is 0 Å². The van der Waals surface area contributed by atoms with E-state index in [0.717, 1.165) is 18.0 Å². The van der Waals surface area contributed by atoms with Crippen molar-refractivity contribution in [2.75, 3.05) is 20.6 Å². The zero-order valence-corrected chi connectivity index (χ0v) is 18.7. The van der Waals surface area contributed by atoms with E-state index in [9.17, 15) is 13.2 Å². The molecule has 0 aliphatic carbocycles. The van der Waals surface area contributed by atoms with Crippen LogP contribution < -0.4 is 5.32 Å². The van der Waals surface area contributed by atoms with Crippen molar-refractivity contribution in [3.63, 3.8) is 0 Å². The first-order valence-corrected chi connectivity index (χ1v) is 11.5. The van der Waals surface area contributed by atoms with E-state index >= 15 is 0 Å². The Morgan fingerprint density at radius 1 is 1.11 bits per heavy atom. The van der Waals surface area contributed by atoms with Crippen LogP contribution in [-0.2, 0) is 23.1 Å². The third kappa shape index (κ3) is 5.64. The summed E-state index contributed by atoms with van der Waals surface area (Å²) in [6.07, 6.45) is 0. The molecule has 2 rings (SSSR count). The number of nitrogens with zero attached hydrogens (tertiary/aromatic N) is 2. The number of sulfonamides is 1. The van der Waals surface area contributed by atoms with Crippen molar-refractivity contribution >= 4 is 27.3 Å². The second-order valence-corrected chi connectivity index (χ2v) is 10.6. The van der Waals surface area contributed by atoms with Crippen LogP contribution in [0.3, 0.4) is 0 Å². The summed E-state index contributed by atoms with van der Waals surface area (Å²) >= 11 is 1.17. The van der Waals surface area contributed by atoms with E-state index in [4.69, 9.17) is 0 Å². The predicted molar refractivity (Wildman–Crippen MR) is 114 cm³/mol. The van der Waals surface area contributed by atoms with E-state index in [-0.39, 0.29) is 10.1 Å². The first-order chi connectivity index (χ1) is 13.1. The van der Waals surface area contributed by atoms with Crippen LogP contribution in [0.15, 0.2) is 40.6 Å². The lowest BCUT2D eigenvalue weighted by molar-refractivity contribution is 0.0951. The molecule has 0 radical (unpaired) electrons. The summed E-state index contributed by atoms with van der Waals surface area (Å²) in [5.74, 6) is -0.173. The van der Waals surface area contributed by atoms with Gasteiger partial charge < -0.3 is 5.32 Å². The van der Waals surface area contributed by atoms with E-state index in [2.05, 4.69) is 31.0 Å². The smallest absolute Gasteiger partial charge is 0.252 e. The standard InChI is InChI=1S/C20H29N3O3S2/c1-6-23(15(2)3)14-16-7-9-17(10-8-16)20(24)21-13-18-11-12-19(27-18)28(25,26)22(4)5/h7-12,15H,6,13-14H2,1-5H3,(H,21,24). The normalized spacial score (nSPS) is 12.1. The van der Waals surface area contributed by atoms with Gasteiger partial charge in [0.15, 0.2) is 0 Å². The lowest BCUT2D eigenvalue weighted by Crippen LogP contribution is -2.30. The second-order valence-electron chi connectivity index (χ2n) is 7.04. The summed E-state index contributed by atoms with van der Waals surface area (Å²) in [7, 11) is -0.433. The molecule has 0 aliphatic heterocycles. The lowest BCUT2D eigenvalue weighted by atomic mass is 10.1. The number of carbonyl (C=O) groups is 1. The van der Waals surface area contributed by atoms with Crippen LogP contribution >= 0.6 is 11.3 Å². The van der Waals surface area contributed by atoms with E-state index < -0.39 is 10.0 Å². The van der Waals surface area contributed by atoms with Crippen LogP contribution in [0, 0.1) is 0 Å². The molecule has 0 spiro atoms. The average Bonchev–Trinajstić information content (AvgIpc) is 3.14. The van der Waals surface area contributed by atoms with Gasteiger partial charge in [-0.15, -0.1) is 11.3 Å². The maximum atomic E-state index is 12.4. The highest BCUT2D eigenvalue weighted by Gasteiger charge is 2.19. The van der Waals surface area contributed by atoms with E-state index in [1.54, 1.807) is 12.1 Å². The average molecular weight is 424 g/mol. The van der Waals surface area contributed by atoms with Gasteiger partial charge in [-0.2, -0.15) is 0 Å². The van der Waals surface area contributed by atoms with Crippen LogP contribution in [0.2, 0.25) is 0 Å². The molecule has 0 bridgehead atoms. The maximum Gasteiger partial charge on any atom is 0.252 e. The van der Waals surface area contributed by atoms with Crippen molar-refractivity contribution < 1.29 is 13.2 Å². The van der Waals surface area contributed by atoms with Crippen LogP contribution in [-0.4, -0.2) is 50.2 Å². The second kappa shape index (κ2) is 9.65. The zero-order chi connectivity index (χ0) is 20.9. The fourth-order valence-corrected chi connectivity index (χ4v) is 5.16. The van der Waals surface area contributed by atoms with Gasteiger partial charge in [-0.05, 0) is 50.2 Å². The van der Waals surface area contributed by atoms with Crippen molar-refractivity contribution in [2.24, 2.45) is 0 Å². The van der Waals surface area contributed by atoms with E-state index in [0.29, 0.717) is 18.2 Å². The molecule has 0 saturated carbocycles. The molecule has 0 aliphatic rings. The summed E-state index contributed by atoms with van der Waals surface area (Å²) < 4.78 is 25.7. The Morgan fingerprint density at radius 3 is 2.29 bits per heavy atom. The van der Waals surface area contributed by atoms with Gasteiger partial charge in [-0.25, -0.2) is 12.7 Å². The number of amides is 1. The summed E-state index contributed by atoms with van der Waals surface area (Å²) in [5.41, 5.74) is 1.76. The molecule has 6 nitrogen and oxygen atoms in total. The third-order valence-electron chi connectivity index (χ3n) is 4.53.